The van der Waals surface area contributed by atoms with E-state index in [1.807, 2.05) is 0 Å². The van der Waals surface area contributed by atoms with Crippen molar-refractivity contribution < 1.29 is 24.2 Å². The van der Waals surface area contributed by atoms with Gasteiger partial charge in [-0.1, -0.05) is 0 Å². The molecule has 6 nitrogen and oxygen atoms in total. The van der Waals surface area contributed by atoms with E-state index in [0.29, 0.717) is 26.0 Å². The Kier molecular flexibility index (Phi) is 8.46. The molecule has 0 aliphatic rings. The second-order valence-corrected chi connectivity index (χ2v) is 2.91. The average Bonchev–Trinajstić information content (AvgIpc) is 2.17. The molecule has 0 aliphatic heterocycles. The monoisotopic (exact) mass is 219 g/mol. The highest BCUT2D eigenvalue weighted by Crippen LogP contribution is 1.93. The number of nitrogens with one attached hydrogen (secondary N) is 1. The van der Waals surface area contributed by atoms with Gasteiger partial charge in [-0.05, 0) is 12.8 Å². The molecule has 2 N–H and O–H groups in total. The number of carbonyl (C=O) groups is 2. The minimum absolute atomic E-state index is 0.125. The number of alkyl carbamates (subject to hydrolysis) is 1. The summed E-state index contributed by atoms with van der Waals surface area (Å²) < 4.78 is 9.41. The minimum Gasteiger partial charge on any atom is -0.481 e. The third-order valence-corrected chi connectivity index (χ3v) is 1.61. The molecule has 0 saturated heterocycles. The molecule has 0 atom stereocenters. The molecule has 88 valence electrons. The number of unbranched alkanes of at least 4 members (excludes halogenated alkanes) is 1. The van der Waals surface area contributed by atoms with E-state index in [4.69, 9.17) is 14.6 Å². The Balaban J connectivity index is 3.20. The Morgan fingerprint density at radius 2 is 2.00 bits per heavy atom. The number of hydrogen-bond acceptors (Lipinski definition) is 4. The lowest BCUT2D eigenvalue weighted by Gasteiger charge is -2.05. The summed E-state index contributed by atoms with van der Waals surface area (Å²) in [7, 11) is 1.52. The fraction of sp³-hybridized carbons (Fsp3) is 0.778. The van der Waals surface area contributed by atoms with E-state index < -0.39 is 12.1 Å². The van der Waals surface area contributed by atoms with Crippen LogP contribution in [0, 0.1) is 0 Å². The molecule has 0 rings (SSSR count). The van der Waals surface area contributed by atoms with Gasteiger partial charge in [0.05, 0.1) is 6.61 Å². The molecule has 0 aromatic carbocycles. The molecule has 0 aromatic heterocycles. The number of ether oxygens (including phenoxy) is 2. The molecule has 0 heterocycles. The summed E-state index contributed by atoms with van der Waals surface area (Å²) in [4.78, 5) is 21.1. The summed E-state index contributed by atoms with van der Waals surface area (Å²) in [5.41, 5.74) is 0. The SMILES string of the molecule is COCCOC(=O)NCCCCC(=O)O. The zero-order valence-electron chi connectivity index (χ0n) is 8.82. The first kappa shape index (κ1) is 13.7. The highest BCUT2D eigenvalue weighted by molar-refractivity contribution is 5.67. The van der Waals surface area contributed by atoms with Gasteiger partial charge in [0.25, 0.3) is 0 Å². The van der Waals surface area contributed by atoms with Crippen molar-refractivity contribution in [1.29, 1.82) is 0 Å². The fourth-order valence-electron chi connectivity index (χ4n) is 0.860. The summed E-state index contributed by atoms with van der Waals surface area (Å²) in [5.74, 6) is -0.822. The Bertz CT molecular complexity index is 195. The van der Waals surface area contributed by atoms with Gasteiger partial charge in [0.15, 0.2) is 0 Å². The minimum atomic E-state index is -0.822. The summed E-state index contributed by atoms with van der Waals surface area (Å²) in [6, 6.07) is 0. The van der Waals surface area contributed by atoms with Crippen molar-refractivity contribution in [2.24, 2.45) is 0 Å². The van der Waals surface area contributed by atoms with E-state index in [0.717, 1.165) is 0 Å². The van der Waals surface area contributed by atoms with E-state index >= 15 is 0 Å². The van der Waals surface area contributed by atoms with Crippen LogP contribution >= 0.6 is 0 Å². The lowest BCUT2D eigenvalue weighted by Crippen LogP contribution is -2.26. The third kappa shape index (κ3) is 10.6. The van der Waals surface area contributed by atoms with Crippen LogP contribution in [0.15, 0.2) is 0 Å². The molecule has 0 saturated carbocycles. The third-order valence-electron chi connectivity index (χ3n) is 1.61. The zero-order chi connectivity index (χ0) is 11.5. The predicted octanol–water partition coefficient (Wildman–Crippen LogP) is 0.614. The maximum Gasteiger partial charge on any atom is 0.407 e. The Morgan fingerprint density at radius 3 is 2.60 bits per heavy atom. The fourth-order valence-corrected chi connectivity index (χ4v) is 0.860. The van der Waals surface area contributed by atoms with E-state index in [1.54, 1.807) is 0 Å². The maximum atomic E-state index is 10.9. The first-order valence-electron chi connectivity index (χ1n) is 4.78. The van der Waals surface area contributed by atoms with Crippen LogP contribution in [0.25, 0.3) is 0 Å². The Morgan fingerprint density at radius 1 is 1.27 bits per heavy atom. The molecule has 6 heteroatoms. The molecule has 0 fully saturated rings. The van der Waals surface area contributed by atoms with Crippen molar-refractivity contribution in [2.45, 2.75) is 19.3 Å². The van der Waals surface area contributed by atoms with Crippen LogP contribution in [-0.2, 0) is 14.3 Å². The summed E-state index contributed by atoms with van der Waals surface area (Å²) >= 11 is 0. The van der Waals surface area contributed by atoms with Gasteiger partial charge in [0.1, 0.15) is 6.61 Å². The van der Waals surface area contributed by atoms with Crippen molar-refractivity contribution in [3.8, 4) is 0 Å². The number of carboxylic acid groups (broad SMARTS) is 1. The molecular formula is C9H17NO5. The van der Waals surface area contributed by atoms with Crippen LogP contribution in [0.4, 0.5) is 4.79 Å². The van der Waals surface area contributed by atoms with E-state index in [-0.39, 0.29) is 13.0 Å². The second-order valence-electron chi connectivity index (χ2n) is 2.91. The summed E-state index contributed by atoms with van der Waals surface area (Å²) in [6.45, 7) is 1.02. The normalized spacial score (nSPS) is 9.67. The lowest BCUT2D eigenvalue weighted by atomic mass is 10.2. The van der Waals surface area contributed by atoms with Gasteiger partial charge in [-0.15, -0.1) is 0 Å². The molecule has 0 spiro atoms. The number of hydrogen-bond donors (Lipinski definition) is 2. The molecule has 0 bridgehead atoms. The van der Waals surface area contributed by atoms with Gasteiger partial charge in [0.2, 0.25) is 0 Å². The van der Waals surface area contributed by atoms with Gasteiger partial charge >= 0.3 is 12.1 Å². The van der Waals surface area contributed by atoms with E-state index in [1.165, 1.54) is 7.11 Å². The van der Waals surface area contributed by atoms with E-state index in [2.05, 4.69) is 5.32 Å². The molecule has 0 aromatic rings. The van der Waals surface area contributed by atoms with Crippen LogP contribution in [0.5, 0.6) is 0 Å². The molecule has 0 aliphatic carbocycles. The zero-order valence-corrected chi connectivity index (χ0v) is 8.82. The number of methoxy groups -OCH3 is 1. The number of rotatable bonds is 8. The van der Waals surface area contributed by atoms with Crippen molar-refractivity contribution in [3.63, 3.8) is 0 Å². The average molecular weight is 219 g/mol. The van der Waals surface area contributed by atoms with E-state index in [9.17, 15) is 9.59 Å². The van der Waals surface area contributed by atoms with Gasteiger partial charge in [0, 0.05) is 20.1 Å². The maximum absolute atomic E-state index is 10.9. The summed E-state index contributed by atoms with van der Waals surface area (Å²) in [5, 5.41) is 10.8. The molecule has 1 amide bonds. The van der Waals surface area contributed by atoms with Crippen LogP contribution in [0.1, 0.15) is 19.3 Å². The topological polar surface area (TPSA) is 84.9 Å². The summed E-state index contributed by atoms with van der Waals surface area (Å²) in [6.07, 6.45) is 0.808. The van der Waals surface area contributed by atoms with Crippen molar-refractivity contribution in [3.05, 3.63) is 0 Å². The number of carbonyl (C=O) groups excluding carboxylic acids is 1. The first-order valence-corrected chi connectivity index (χ1v) is 4.78. The smallest absolute Gasteiger partial charge is 0.407 e. The first-order chi connectivity index (χ1) is 7.16. The van der Waals surface area contributed by atoms with Crippen molar-refractivity contribution in [1.82, 2.24) is 5.32 Å². The van der Waals surface area contributed by atoms with Crippen LogP contribution < -0.4 is 5.32 Å². The standard InChI is InChI=1S/C9H17NO5/c1-14-6-7-15-9(13)10-5-3-2-4-8(11)12/h2-7H2,1H3,(H,10,13)(H,11,12). The van der Waals surface area contributed by atoms with Gasteiger partial charge < -0.3 is 19.9 Å². The Labute approximate surface area is 88.6 Å². The number of amides is 1. The Hall–Kier alpha value is -1.30. The van der Waals surface area contributed by atoms with Crippen molar-refractivity contribution >= 4 is 12.1 Å². The molecule has 15 heavy (non-hydrogen) atoms. The second kappa shape index (κ2) is 9.26. The quantitative estimate of drug-likeness (QED) is 0.584. The number of carboxylic acids is 1. The molecule has 0 radical (unpaired) electrons. The molecular weight excluding hydrogens is 202 g/mol. The largest absolute Gasteiger partial charge is 0.481 e. The van der Waals surface area contributed by atoms with Crippen molar-refractivity contribution in [2.75, 3.05) is 26.9 Å². The van der Waals surface area contributed by atoms with Gasteiger partial charge in [-0.25, -0.2) is 4.79 Å². The molecule has 0 unspecified atom stereocenters. The van der Waals surface area contributed by atoms with Crippen LogP contribution in [0.3, 0.4) is 0 Å². The number of aliphatic carboxylic acids is 1. The van der Waals surface area contributed by atoms with Gasteiger partial charge in [-0.3, -0.25) is 4.79 Å². The lowest BCUT2D eigenvalue weighted by molar-refractivity contribution is -0.137. The van der Waals surface area contributed by atoms with Crippen LogP contribution in [-0.4, -0.2) is 44.0 Å². The highest BCUT2D eigenvalue weighted by atomic mass is 16.6. The highest BCUT2D eigenvalue weighted by Gasteiger charge is 2.01. The predicted molar refractivity (Wildman–Crippen MR) is 52.7 cm³/mol. The van der Waals surface area contributed by atoms with Gasteiger partial charge in [-0.2, -0.15) is 0 Å². The van der Waals surface area contributed by atoms with Crippen LogP contribution in [0.2, 0.25) is 0 Å².